The van der Waals surface area contributed by atoms with Crippen LogP contribution in [0, 0.1) is 0 Å². The zero-order valence-corrected chi connectivity index (χ0v) is 17.0. The van der Waals surface area contributed by atoms with Crippen molar-refractivity contribution in [3.05, 3.63) is 72.1 Å². The number of aromatic nitrogens is 1. The molecule has 2 aromatic carbocycles. The van der Waals surface area contributed by atoms with E-state index in [0.717, 1.165) is 29.0 Å². The van der Waals surface area contributed by atoms with E-state index >= 15 is 0 Å². The van der Waals surface area contributed by atoms with Crippen molar-refractivity contribution in [3.63, 3.8) is 0 Å². The largest absolute Gasteiger partial charge is 0.487 e. The van der Waals surface area contributed by atoms with Crippen LogP contribution in [0.4, 0.5) is 0 Å². The minimum absolute atomic E-state index is 0.110. The van der Waals surface area contributed by atoms with Crippen LogP contribution in [0.3, 0.4) is 0 Å². The van der Waals surface area contributed by atoms with Gasteiger partial charge in [0.1, 0.15) is 17.6 Å². The van der Waals surface area contributed by atoms with Gasteiger partial charge in [-0.15, -0.1) is 0 Å². The Morgan fingerprint density at radius 2 is 1.90 bits per heavy atom. The monoisotopic (exact) mass is 390 g/mol. The Balaban J connectivity index is 1.43. The van der Waals surface area contributed by atoms with Gasteiger partial charge in [-0.3, -0.25) is 4.99 Å². The second-order valence-electron chi connectivity index (χ2n) is 7.74. The van der Waals surface area contributed by atoms with Gasteiger partial charge in [-0.25, -0.2) is 4.98 Å². The van der Waals surface area contributed by atoms with Crippen LogP contribution in [0.2, 0.25) is 0 Å². The molecule has 4 rings (SSSR count). The van der Waals surface area contributed by atoms with Crippen LogP contribution < -0.4 is 15.4 Å². The lowest BCUT2D eigenvalue weighted by molar-refractivity contribution is 0.0694. The number of guanidine groups is 1. The van der Waals surface area contributed by atoms with Crippen molar-refractivity contribution in [2.45, 2.75) is 38.5 Å². The fourth-order valence-electron chi connectivity index (χ4n) is 3.57. The van der Waals surface area contributed by atoms with E-state index in [0.29, 0.717) is 18.4 Å². The number of para-hydroxylation sites is 1. The first kappa shape index (κ1) is 19.1. The van der Waals surface area contributed by atoms with E-state index in [-0.39, 0.29) is 11.6 Å². The molecule has 0 bridgehead atoms. The standard InChI is InChI=1S/C23H26N4O2/c1-23(2)13-19(18-11-7-8-12-20(18)29-23)27-22(24-3)25-14-17-15-28-21(26-17)16-9-5-4-6-10-16/h4-12,15,19H,13-14H2,1-3H3,(H2,24,25,27). The number of hydrogen-bond acceptors (Lipinski definition) is 4. The van der Waals surface area contributed by atoms with E-state index in [1.165, 1.54) is 0 Å². The molecule has 6 heteroatoms. The van der Waals surface area contributed by atoms with Crippen molar-refractivity contribution in [3.8, 4) is 17.2 Å². The Morgan fingerprint density at radius 3 is 2.69 bits per heavy atom. The van der Waals surface area contributed by atoms with Crippen LogP contribution in [0.1, 0.15) is 37.6 Å². The van der Waals surface area contributed by atoms with E-state index in [9.17, 15) is 0 Å². The first-order chi connectivity index (χ1) is 14.0. The fraction of sp³-hybridized carbons (Fsp3) is 0.304. The number of aliphatic imine (C=N–C) groups is 1. The zero-order chi connectivity index (χ0) is 20.3. The highest BCUT2D eigenvalue weighted by molar-refractivity contribution is 5.80. The molecule has 2 N–H and O–H groups in total. The number of hydrogen-bond donors (Lipinski definition) is 2. The number of rotatable bonds is 4. The van der Waals surface area contributed by atoms with E-state index < -0.39 is 0 Å². The summed E-state index contributed by atoms with van der Waals surface area (Å²) in [6.07, 6.45) is 2.52. The third-order valence-corrected chi connectivity index (χ3v) is 4.92. The van der Waals surface area contributed by atoms with Gasteiger partial charge in [0, 0.05) is 24.6 Å². The van der Waals surface area contributed by atoms with Gasteiger partial charge < -0.3 is 19.8 Å². The summed E-state index contributed by atoms with van der Waals surface area (Å²) in [6.45, 7) is 4.73. The molecule has 29 heavy (non-hydrogen) atoms. The number of nitrogens with zero attached hydrogens (tertiary/aromatic N) is 2. The molecule has 3 aromatic rings. The lowest BCUT2D eigenvalue weighted by atomic mass is 9.90. The van der Waals surface area contributed by atoms with Crippen LogP contribution in [0.25, 0.3) is 11.5 Å². The normalized spacial score (nSPS) is 17.9. The molecule has 2 heterocycles. The van der Waals surface area contributed by atoms with Crippen LogP contribution in [-0.4, -0.2) is 23.6 Å². The average molecular weight is 390 g/mol. The molecule has 0 aliphatic carbocycles. The van der Waals surface area contributed by atoms with E-state index in [1.807, 2.05) is 48.5 Å². The first-order valence-corrected chi connectivity index (χ1v) is 9.79. The third-order valence-electron chi connectivity index (χ3n) is 4.92. The lowest BCUT2D eigenvalue weighted by Gasteiger charge is -2.38. The van der Waals surface area contributed by atoms with Gasteiger partial charge in [-0.1, -0.05) is 36.4 Å². The van der Waals surface area contributed by atoms with Crippen molar-refractivity contribution in [1.29, 1.82) is 0 Å². The Morgan fingerprint density at radius 1 is 1.14 bits per heavy atom. The highest BCUT2D eigenvalue weighted by atomic mass is 16.5. The summed E-state index contributed by atoms with van der Waals surface area (Å²) in [5, 5.41) is 6.86. The summed E-state index contributed by atoms with van der Waals surface area (Å²) < 4.78 is 11.7. The van der Waals surface area contributed by atoms with Crippen LogP contribution in [0.15, 0.2) is 70.3 Å². The molecular formula is C23H26N4O2. The van der Waals surface area contributed by atoms with Crippen molar-refractivity contribution >= 4 is 5.96 Å². The third kappa shape index (κ3) is 4.42. The predicted molar refractivity (Wildman–Crippen MR) is 114 cm³/mol. The quantitative estimate of drug-likeness (QED) is 0.513. The molecule has 1 atom stereocenters. The number of nitrogens with one attached hydrogen (secondary N) is 2. The highest BCUT2D eigenvalue weighted by Crippen LogP contribution is 2.39. The van der Waals surface area contributed by atoms with E-state index in [1.54, 1.807) is 13.3 Å². The average Bonchev–Trinajstić information content (AvgIpc) is 3.20. The van der Waals surface area contributed by atoms with Gasteiger partial charge in [0.2, 0.25) is 5.89 Å². The van der Waals surface area contributed by atoms with Gasteiger partial charge >= 0.3 is 0 Å². The number of ether oxygens (including phenoxy) is 1. The molecular weight excluding hydrogens is 364 g/mol. The molecule has 1 aliphatic heterocycles. The van der Waals surface area contributed by atoms with Crippen molar-refractivity contribution < 1.29 is 9.15 Å². The van der Waals surface area contributed by atoms with Crippen molar-refractivity contribution in [2.75, 3.05) is 7.05 Å². The molecule has 0 spiro atoms. The smallest absolute Gasteiger partial charge is 0.226 e. The molecule has 0 amide bonds. The minimum atomic E-state index is -0.248. The fourth-order valence-corrected chi connectivity index (χ4v) is 3.57. The summed E-state index contributed by atoms with van der Waals surface area (Å²) in [4.78, 5) is 8.94. The summed E-state index contributed by atoms with van der Waals surface area (Å²) in [5.74, 6) is 2.25. The molecule has 1 aromatic heterocycles. The lowest BCUT2D eigenvalue weighted by Crippen LogP contribution is -2.45. The molecule has 0 fully saturated rings. The topological polar surface area (TPSA) is 71.7 Å². The second kappa shape index (κ2) is 7.99. The van der Waals surface area contributed by atoms with Gasteiger partial charge in [-0.2, -0.15) is 0 Å². The summed E-state index contributed by atoms with van der Waals surface area (Å²) in [6, 6.07) is 18.1. The molecule has 0 radical (unpaired) electrons. The summed E-state index contributed by atoms with van der Waals surface area (Å²) in [5.41, 5.74) is 2.67. The van der Waals surface area contributed by atoms with E-state index in [4.69, 9.17) is 9.15 Å². The van der Waals surface area contributed by atoms with Crippen LogP contribution >= 0.6 is 0 Å². The van der Waals surface area contributed by atoms with Crippen LogP contribution in [0.5, 0.6) is 5.75 Å². The number of oxazole rings is 1. The van der Waals surface area contributed by atoms with Gasteiger partial charge in [0.05, 0.1) is 18.3 Å². The molecule has 6 nitrogen and oxygen atoms in total. The summed E-state index contributed by atoms with van der Waals surface area (Å²) >= 11 is 0. The zero-order valence-electron chi connectivity index (χ0n) is 17.0. The maximum atomic E-state index is 6.12. The predicted octanol–water partition coefficient (Wildman–Crippen LogP) is 4.31. The Hall–Kier alpha value is -3.28. The number of benzene rings is 2. The van der Waals surface area contributed by atoms with Crippen LogP contribution in [-0.2, 0) is 6.54 Å². The SMILES string of the molecule is CN=C(NCc1coc(-c2ccccc2)n1)NC1CC(C)(C)Oc2ccccc21. The summed E-state index contributed by atoms with van der Waals surface area (Å²) in [7, 11) is 1.77. The Kier molecular flexibility index (Phi) is 5.25. The Bertz CT molecular complexity index is 995. The molecule has 1 unspecified atom stereocenters. The molecule has 0 saturated heterocycles. The molecule has 0 saturated carbocycles. The molecule has 150 valence electrons. The second-order valence-corrected chi connectivity index (χ2v) is 7.74. The number of fused-ring (bicyclic) bond motifs is 1. The first-order valence-electron chi connectivity index (χ1n) is 9.79. The van der Waals surface area contributed by atoms with E-state index in [2.05, 4.69) is 40.5 Å². The molecule has 1 aliphatic rings. The maximum absolute atomic E-state index is 6.12. The van der Waals surface area contributed by atoms with Crippen molar-refractivity contribution in [2.24, 2.45) is 4.99 Å². The van der Waals surface area contributed by atoms with Gasteiger partial charge in [0.25, 0.3) is 0 Å². The maximum Gasteiger partial charge on any atom is 0.226 e. The van der Waals surface area contributed by atoms with Gasteiger partial charge in [-0.05, 0) is 32.0 Å². The minimum Gasteiger partial charge on any atom is -0.487 e. The van der Waals surface area contributed by atoms with Gasteiger partial charge in [0.15, 0.2) is 5.96 Å². The van der Waals surface area contributed by atoms with Crippen molar-refractivity contribution in [1.82, 2.24) is 15.6 Å². The highest BCUT2D eigenvalue weighted by Gasteiger charge is 2.33. The Labute approximate surface area is 171 Å².